The van der Waals surface area contributed by atoms with Gasteiger partial charge in [-0.1, -0.05) is 41.5 Å². The van der Waals surface area contributed by atoms with E-state index in [0.717, 1.165) is 22.9 Å². The molecular weight excluding hydrogens is 831 g/mol. The van der Waals surface area contributed by atoms with Gasteiger partial charge >= 0.3 is 0 Å². The number of tetrazole rings is 1. The monoisotopic (exact) mass is 904 g/mol. The number of amidine groups is 1. The highest BCUT2D eigenvalue weighted by Gasteiger charge is 2.16. The Balaban J connectivity index is 0.000000930. The fraction of sp³-hybridized carbons (Fsp3) is 0.581. The van der Waals surface area contributed by atoms with E-state index >= 15 is 0 Å². The van der Waals surface area contributed by atoms with Crippen molar-refractivity contribution in [3.8, 4) is 17.2 Å². The molecule has 360 valence electrons. The van der Waals surface area contributed by atoms with Gasteiger partial charge in [0.25, 0.3) is 0 Å². The molecule has 0 spiro atoms. The number of hydrazine groups is 1. The van der Waals surface area contributed by atoms with Crippen LogP contribution in [0.3, 0.4) is 0 Å². The van der Waals surface area contributed by atoms with E-state index in [1.54, 1.807) is 9.58 Å². The van der Waals surface area contributed by atoms with Crippen molar-refractivity contribution in [3.05, 3.63) is 54.4 Å². The normalized spacial score (nSPS) is 10.7. The van der Waals surface area contributed by atoms with Gasteiger partial charge in [-0.05, 0) is 65.9 Å². The van der Waals surface area contributed by atoms with Gasteiger partial charge in [0.1, 0.15) is 62.1 Å². The SMILES string of the molecule is CC.CC(C)/C(=N/N)N(N)c1ccc(OCCOCCOCC=O)cc1.CC(C)C(=O)CCC(=O)N(CCN)CCN.Cc1nnnn1-c1ccc(OCCOCCOCC=O)cc1. The molecule has 0 bridgehead atoms. The zero-order valence-corrected chi connectivity index (χ0v) is 38.8. The maximum absolute atomic E-state index is 11.7. The van der Waals surface area contributed by atoms with Crippen LogP contribution in [0.2, 0.25) is 0 Å². The van der Waals surface area contributed by atoms with Crippen molar-refractivity contribution in [2.75, 3.05) is 97.3 Å². The highest BCUT2D eigenvalue weighted by molar-refractivity contribution is 5.97. The number of aldehydes is 2. The van der Waals surface area contributed by atoms with Gasteiger partial charge in [-0.25, -0.2) is 5.84 Å². The lowest BCUT2D eigenvalue weighted by Gasteiger charge is -2.22. The van der Waals surface area contributed by atoms with Gasteiger partial charge in [0, 0.05) is 50.9 Å². The number of rotatable bonds is 29. The van der Waals surface area contributed by atoms with E-state index in [0.29, 0.717) is 110 Å². The number of carbonyl (C=O) groups is 4. The second-order valence-electron chi connectivity index (χ2n) is 13.6. The van der Waals surface area contributed by atoms with Gasteiger partial charge in [0.05, 0.1) is 51.0 Å². The Morgan fingerprint density at radius 3 is 1.59 bits per heavy atom. The fourth-order valence-corrected chi connectivity index (χ4v) is 4.97. The molecule has 3 aromatic rings. The summed E-state index contributed by atoms with van der Waals surface area (Å²) in [5.41, 5.74) is 12.4. The molecule has 1 heterocycles. The van der Waals surface area contributed by atoms with Gasteiger partial charge in [-0.3, -0.25) is 14.6 Å². The van der Waals surface area contributed by atoms with Crippen molar-refractivity contribution in [2.24, 2.45) is 40.1 Å². The second-order valence-corrected chi connectivity index (χ2v) is 13.6. The van der Waals surface area contributed by atoms with Crippen LogP contribution in [0, 0.1) is 18.8 Å². The van der Waals surface area contributed by atoms with E-state index in [9.17, 15) is 19.2 Å². The number of hydrazone groups is 1. The van der Waals surface area contributed by atoms with E-state index < -0.39 is 0 Å². The Kier molecular flexibility index (Phi) is 34.8. The van der Waals surface area contributed by atoms with Crippen LogP contribution in [0.5, 0.6) is 11.5 Å². The molecule has 0 saturated carbocycles. The fourth-order valence-electron chi connectivity index (χ4n) is 4.97. The summed E-state index contributed by atoms with van der Waals surface area (Å²) >= 11 is 0. The minimum Gasteiger partial charge on any atom is -0.491 e. The molecule has 21 heteroatoms. The molecule has 0 aliphatic rings. The lowest BCUT2D eigenvalue weighted by molar-refractivity contribution is -0.133. The van der Waals surface area contributed by atoms with E-state index in [1.807, 2.05) is 97.0 Å². The summed E-state index contributed by atoms with van der Waals surface area (Å²) in [6.07, 6.45) is 1.99. The molecule has 8 N–H and O–H groups in total. The van der Waals surface area contributed by atoms with Gasteiger partial charge in [-0.2, -0.15) is 9.78 Å². The summed E-state index contributed by atoms with van der Waals surface area (Å²) in [6.45, 7) is 18.9. The van der Waals surface area contributed by atoms with Crippen molar-refractivity contribution in [1.29, 1.82) is 0 Å². The predicted octanol–water partition coefficient (Wildman–Crippen LogP) is 2.25. The van der Waals surface area contributed by atoms with Crippen LogP contribution in [-0.2, 0) is 38.1 Å². The van der Waals surface area contributed by atoms with Crippen molar-refractivity contribution >= 4 is 35.8 Å². The third kappa shape index (κ3) is 26.3. The van der Waals surface area contributed by atoms with Crippen LogP contribution in [0.25, 0.3) is 5.69 Å². The number of nitrogens with two attached hydrogens (primary N) is 4. The molecule has 0 aliphatic carbocycles. The average molecular weight is 904 g/mol. The minimum atomic E-state index is -0.0371. The van der Waals surface area contributed by atoms with Crippen LogP contribution in [-0.4, -0.2) is 147 Å². The number of carbonyl (C=O) groups excluding carboxylic acids is 4. The van der Waals surface area contributed by atoms with Crippen molar-refractivity contribution in [3.63, 3.8) is 0 Å². The molecule has 0 atom stereocenters. The first-order chi connectivity index (χ1) is 30.9. The number of amides is 1. The summed E-state index contributed by atoms with van der Waals surface area (Å²) in [5, 5.41) is 16.5. The topological polar surface area (TPSA) is 290 Å². The standard InChI is InChI=1S/C16H26N4O4.C14H18N4O4.C11H23N3O2.C2H6/c1-13(2)16(19-17)20(18)14-3-5-15(6-4-14)24-12-11-23-10-9-22-8-7-21;1-12-15-16-17-18(12)13-2-4-14(5-3-13)22-11-10-21-9-8-20-7-6-19;1-9(2)10(15)3-4-11(16)14(7-5-12)8-6-13;1-2/h3-7,13H,8-12,17-18H2,1-2H3;2-6H,7-11H2,1H3;9H,3-8,12-13H2,1-2H3;1-2H3/b19-16-;;;. The summed E-state index contributed by atoms with van der Waals surface area (Å²) in [6, 6.07) is 14.8. The Morgan fingerprint density at radius 2 is 1.19 bits per heavy atom. The number of aryl methyl sites for hydroxylation is 1. The van der Waals surface area contributed by atoms with Gasteiger partial charge in [0.15, 0.2) is 5.82 Å². The lowest BCUT2D eigenvalue weighted by Crippen LogP contribution is -2.41. The highest BCUT2D eigenvalue weighted by Crippen LogP contribution is 2.19. The van der Waals surface area contributed by atoms with E-state index in [1.165, 1.54) is 5.01 Å². The molecule has 1 amide bonds. The van der Waals surface area contributed by atoms with Gasteiger partial charge in [-0.15, -0.1) is 5.10 Å². The summed E-state index contributed by atoms with van der Waals surface area (Å²) in [4.78, 5) is 44.8. The molecule has 3 rings (SSSR count). The third-order valence-corrected chi connectivity index (χ3v) is 8.21. The molecule has 0 fully saturated rings. The maximum atomic E-state index is 11.7. The van der Waals surface area contributed by atoms with E-state index in [2.05, 4.69) is 20.6 Å². The van der Waals surface area contributed by atoms with Crippen LogP contribution in [0.4, 0.5) is 5.69 Å². The van der Waals surface area contributed by atoms with Crippen LogP contribution in [0.15, 0.2) is 53.6 Å². The Morgan fingerprint density at radius 1 is 0.719 bits per heavy atom. The first-order valence-electron chi connectivity index (χ1n) is 21.4. The maximum Gasteiger partial charge on any atom is 0.223 e. The molecule has 1 aromatic heterocycles. The first kappa shape index (κ1) is 58.6. The Bertz CT molecular complexity index is 1670. The number of Topliss-reactive ketones (excluding diaryl/α,β-unsaturated/α-hetero) is 1. The van der Waals surface area contributed by atoms with Crippen molar-refractivity contribution in [1.82, 2.24) is 25.1 Å². The molecule has 64 heavy (non-hydrogen) atoms. The molecular formula is C43H73N11O10. The number of ether oxygens (including phenoxy) is 6. The van der Waals surface area contributed by atoms with Crippen molar-refractivity contribution < 1.29 is 47.6 Å². The molecule has 2 aromatic carbocycles. The number of anilines is 1. The smallest absolute Gasteiger partial charge is 0.223 e. The molecule has 0 radical (unpaired) electrons. The molecule has 0 saturated heterocycles. The predicted molar refractivity (Wildman–Crippen MR) is 245 cm³/mol. The van der Waals surface area contributed by atoms with E-state index in [4.69, 9.17) is 51.6 Å². The zero-order valence-electron chi connectivity index (χ0n) is 38.8. The minimum absolute atomic E-state index is 0.00901. The van der Waals surface area contributed by atoms with Crippen LogP contribution in [0.1, 0.15) is 60.2 Å². The summed E-state index contributed by atoms with van der Waals surface area (Å²) < 4.78 is 33.3. The molecule has 21 nitrogen and oxygen atoms in total. The highest BCUT2D eigenvalue weighted by atomic mass is 16.5. The zero-order chi connectivity index (χ0) is 48.0. The third-order valence-electron chi connectivity index (χ3n) is 8.21. The second kappa shape index (κ2) is 38.1. The first-order valence-corrected chi connectivity index (χ1v) is 21.4. The number of nitrogens with zero attached hydrogens (tertiary/aromatic N) is 7. The van der Waals surface area contributed by atoms with Gasteiger partial charge in [0.2, 0.25) is 5.91 Å². The summed E-state index contributed by atoms with van der Waals surface area (Å²) in [5.74, 6) is 14.4. The molecule has 0 aliphatic heterocycles. The number of ketones is 1. The number of benzene rings is 2. The number of hydrogen-bond acceptors (Lipinski definition) is 18. The Hall–Kier alpha value is -5.42. The number of aromatic nitrogens is 4. The van der Waals surface area contributed by atoms with Crippen molar-refractivity contribution in [2.45, 2.75) is 61.3 Å². The largest absolute Gasteiger partial charge is 0.491 e. The van der Waals surface area contributed by atoms with Gasteiger partial charge < -0.3 is 60.2 Å². The number of hydrogen-bond donors (Lipinski definition) is 4. The van der Waals surface area contributed by atoms with Crippen LogP contribution >= 0.6 is 0 Å². The quantitative estimate of drug-likeness (QED) is 0.0194. The summed E-state index contributed by atoms with van der Waals surface area (Å²) in [7, 11) is 0. The average Bonchev–Trinajstić information content (AvgIpc) is 3.74. The van der Waals surface area contributed by atoms with Crippen LogP contribution < -0.4 is 37.6 Å². The Labute approximate surface area is 378 Å². The molecule has 0 unspecified atom stereocenters. The van der Waals surface area contributed by atoms with E-state index in [-0.39, 0.29) is 43.2 Å². The lowest BCUT2D eigenvalue weighted by atomic mass is 10.0.